The number of ether oxygens (including phenoxy) is 1. The zero-order chi connectivity index (χ0) is 20.8. The summed E-state index contributed by atoms with van der Waals surface area (Å²) in [7, 11) is 0. The summed E-state index contributed by atoms with van der Waals surface area (Å²) in [6.45, 7) is 5.01. The predicted octanol–water partition coefficient (Wildman–Crippen LogP) is 6.09. The van der Waals surface area contributed by atoms with Crippen LogP contribution in [0.25, 0.3) is 22.1 Å². The quantitative estimate of drug-likeness (QED) is 0.370. The fraction of sp³-hybridized carbons (Fsp3) is 0.160. The van der Waals surface area contributed by atoms with Crippen molar-refractivity contribution in [1.29, 1.82) is 0 Å². The van der Waals surface area contributed by atoms with Gasteiger partial charge in [0.05, 0.1) is 0 Å². The molecule has 0 unspecified atom stereocenters. The highest BCUT2D eigenvalue weighted by Crippen LogP contribution is 2.39. The van der Waals surface area contributed by atoms with Crippen molar-refractivity contribution < 1.29 is 9.15 Å². The second kappa shape index (κ2) is 7.22. The molecule has 30 heavy (non-hydrogen) atoms. The third-order valence-electron chi connectivity index (χ3n) is 5.62. The highest BCUT2D eigenvalue weighted by Gasteiger charge is 2.24. The van der Waals surface area contributed by atoms with Gasteiger partial charge in [-0.1, -0.05) is 48.0 Å². The molecule has 5 heteroatoms. The number of fused-ring (bicyclic) bond motifs is 2. The average Bonchev–Trinajstić information content (AvgIpc) is 2.76. The van der Waals surface area contributed by atoms with Crippen molar-refractivity contribution in [2.45, 2.75) is 20.4 Å². The number of nitrogens with zero attached hydrogens (tertiary/aromatic N) is 1. The van der Waals surface area contributed by atoms with Gasteiger partial charge in [0.25, 0.3) is 0 Å². The Morgan fingerprint density at radius 2 is 1.80 bits per heavy atom. The molecule has 0 amide bonds. The molecule has 1 aliphatic rings. The van der Waals surface area contributed by atoms with Crippen molar-refractivity contribution >= 4 is 28.3 Å². The lowest BCUT2D eigenvalue weighted by atomic mass is 9.97. The van der Waals surface area contributed by atoms with Crippen LogP contribution in [0.3, 0.4) is 0 Å². The van der Waals surface area contributed by atoms with Gasteiger partial charge in [0.15, 0.2) is 6.73 Å². The maximum absolute atomic E-state index is 12.3. The van der Waals surface area contributed by atoms with Gasteiger partial charge in [-0.15, -0.1) is 0 Å². The Bertz CT molecular complexity index is 1330. The van der Waals surface area contributed by atoms with Gasteiger partial charge in [-0.2, -0.15) is 0 Å². The van der Waals surface area contributed by atoms with Gasteiger partial charge < -0.3 is 14.1 Å². The molecule has 4 aromatic rings. The predicted molar refractivity (Wildman–Crippen MR) is 121 cm³/mol. The first-order valence-corrected chi connectivity index (χ1v) is 10.2. The Hall–Kier alpha value is -3.24. The Balaban J connectivity index is 1.66. The van der Waals surface area contributed by atoms with Crippen molar-refractivity contribution in [1.82, 2.24) is 0 Å². The summed E-state index contributed by atoms with van der Waals surface area (Å²) in [6, 6.07) is 19.6. The van der Waals surface area contributed by atoms with E-state index in [4.69, 9.17) is 20.8 Å². The van der Waals surface area contributed by atoms with E-state index in [0.29, 0.717) is 18.9 Å². The minimum Gasteiger partial charge on any atom is -0.472 e. The van der Waals surface area contributed by atoms with E-state index in [0.717, 1.165) is 49.7 Å². The van der Waals surface area contributed by atoms with Gasteiger partial charge in [0, 0.05) is 39.8 Å². The molecule has 0 saturated carbocycles. The molecule has 0 saturated heterocycles. The molecular formula is C25H20ClNO3. The fourth-order valence-corrected chi connectivity index (χ4v) is 4.20. The van der Waals surface area contributed by atoms with E-state index in [1.54, 1.807) is 6.07 Å². The van der Waals surface area contributed by atoms with E-state index >= 15 is 0 Å². The standard InChI is InChI=1S/C25H20ClNO3/c1-15-8-9-19(11-22(15)26)27-13-18-10-21-20(17-6-4-3-5-7-17)12-23(28)30-25(21)16(2)24(18)29-14-27/h3-12H,13-14H2,1-2H3. The first-order chi connectivity index (χ1) is 14.5. The summed E-state index contributed by atoms with van der Waals surface area (Å²) < 4.78 is 11.7. The number of aryl methyl sites for hydroxylation is 2. The van der Waals surface area contributed by atoms with E-state index in [1.165, 1.54) is 0 Å². The third kappa shape index (κ3) is 3.14. The molecule has 1 aromatic heterocycles. The molecule has 150 valence electrons. The lowest BCUT2D eigenvalue weighted by Crippen LogP contribution is -2.32. The van der Waals surface area contributed by atoms with Crippen molar-refractivity contribution in [2.75, 3.05) is 11.6 Å². The normalized spacial score (nSPS) is 13.2. The fourth-order valence-electron chi connectivity index (χ4n) is 4.02. The maximum Gasteiger partial charge on any atom is 0.336 e. The van der Waals surface area contributed by atoms with Crippen molar-refractivity contribution in [3.8, 4) is 16.9 Å². The van der Waals surface area contributed by atoms with E-state index in [-0.39, 0.29) is 5.63 Å². The summed E-state index contributed by atoms with van der Waals surface area (Å²) in [5.74, 6) is 0.783. The van der Waals surface area contributed by atoms with Gasteiger partial charge >= 0.3 is 5.63 Å². The van der Waals surface area contributed by atoms with Crippen LogP contribution in [-0.2, 0) is 6.54 Å². The summed E-state index contributed by atoms with van der Waals surface area (Å²) in [5, 5.41) is 1.64. The second-order valence-corrected chi connectivity index (χ2v) is 8.02. The number of hydrogen-bond acceptors (Lipinski definition) is 4. The molecule has 3 aromatic carbocycles. The second-order valence-electron chi connectivity index (χ2n) is 7.62. The van der Waals surface area contributed by atoms with Crippen molar-refractivity contribution in [3.63, 3.8) is 0 Å². The Morgan fingerprint density at radius 1 is 1.00 bits per heavy atom. The third-order valence-corrected chi connectivity index (χ3v) is 6.03. The van der Waals surface area contributed by atoms with Crippen LogP contribution in [0.15, 0.2) is 69.9 Å². The molecule has 0 radical (unpaired) electrons. The van der Waals surface area contributed by atoms with Gasteiger partial charge in [-0.3, -0.25) is 0 Å². The number of benzene rings is 3. The van der Waals surface area contributed by atoms with Crippen LogP contribution in [0.5, 0.6) is 5.75 Å². The molecule has 5 rings (SSSR count). The van der Waals surface area contributed by atoms with Crippen molar-refractivity contribution in [3.05, 3.63) is 92.8 Å². The summed E-state index contributed by atoms with van der Waals surface area (Å²) in [5.41, 5.74) is 6.01. The number of halogens is 1. The smallest absolute Gasteiger partial charge is 0.336 e. The number of rotatable bonds is 2. The molecular weight excluding hydrogens is 398 g/mol. The Morgan fingerprint density at radius 3 is 2.57 bits per heavy atom. The van der Waals surface area contributed by atoms with Gasteiger partial charge in [0.2, 0.25) is 0 Å². The molecule has 1 aliphatic heterocycles. The summed E-state index contributed by atoms with van der Waals surface area (Å²) >= 11 is 6.33. The molecule has 0 bridgehead atoms. The number of anilines is 1. The zero-order valence-electron chi connectivity index (χ0n) is 16.7. The molecule has 4 nitrogen and oxygen atoms in total. The Labute approximate surface area is 179 Å². The molecule has 0 N–H and O–H groups in total. The molecule has 0 spiro atoms. The Kier molecular flexibility index (Phi) is 4.52. The van der Waals surface area contributed by atoms with Crippen LogP contribution in [0, 0.1) is 13.8 Å². The largest absolute Gasteiger partial charge is 0.472 e. The minimum atomic E-state index is -0.365. The molecule has 0 atom stereocenters. The van der Waals surface area contributed by atoms with Gasteiger partial charge in [0.1, 0.15) is 11.3 Å². The van der Waals surface area contributed by atoms with Crippen LogP contribution in [-0.4, -0.2) is 6.73 Å². The molecule has 0 aliphatic carbocycles. The van der Waals surface area contributed by atoms with E-state index in [1.807, 2.05) is 56.3 Å². The van der Waals surface area contributed by atoms with E-state index in [9.17, 15) is 4.79 Å². The highest BCUT2D eigenvalue weighted by atomic mass is 35.5. The SMILES string of the molecule is Cc1ccc(N2COc3c(cc4c(-c5ccccc5)cc(=O)oc4c3C)C2)cc1Cl. The van der Waals surface area contributed by atoms with Gasteiger partial charge in [-0.25, -0.2) is 4.79 Å². The minimum absolute atomic E-state index is 0.365. The van der Waals surface area contributed by atoms with Gasteiger partial charge in [-0.05, 0) is 48.7 Å². The summed E-state index contributed by atoms with van der Waals surface area (Å²) in [4.78, 5) is 14.4. The van der Waals surface area contributed by atoms with Crippen LogP contribution in [0.1, 0.15) is 16.7 Å². The average molecular weight is 418 g/mol. The number of hydrogen-bond donors (Lipinski definition) is 0. The van der Waals surface area contributed by atoms with Crippen LogP contribution >= 0.6 is 11.6 Å². The van der Waals surface area contributed by atoms with Crippen LogP contribution in [0.4, 0.5) is 5.69 Å². The molecule has 2 heterocycles. The van der Waals surface area contributed by atoms with E-state index < -0.39 is 0 Å². The lowest BCUT2D eigenvalue weighted by molar-refractivity contribution is 0.287. The first-order valence-electron chi connectivity index (χ1n) is 9.81. The maximum atomic E-state index is 12.3. The van der Waals surface area contributed by atoms with E-state index in [2.05, 4.69) is 17.0 Å². The topological polar surface area (TPSA) is 42.7 Å². The molecule has 0 fully saturated rings. The lowest BCUT2D eigenvalue weighted by Gasteiger charge is -2.32. The monoisotopic (exact) mass is 417 g/mol. The van der Waals surface area contributed by atoms with Crippen LogP contribution < -0.4 is 15.3 Å². The highest BCUT2D eigenvalue weighted by molar-refractivity contribution is 6.31. The van der Waals surface area contributed by atoms with Crippen LogP contribution in [0.2, 0.25) is 5.02 Å². The first kappa shape index (κ1) is 18.8. The van der Waals surface area contributed by atoms with Crippen molar-refractivity contribution in [2.24, 2.45) is 0 Å². The zero-order valence-corrected chi connectivity index (χ0v) is 17.5. The summed E-state index contributed by atoms with van der Waals surface area (Å²) in [6.07, 6.45) is 0.